The van der Waals surface area contributed by atoms with E-state index in [-0.39, 0.29) is 10.8 Å². The molecule has 1 fully saturated rings. The fourth-order valence-corrected chi connectivity index (χ4v) is 4.72. The molecule has 0 radical (unpaired) electrons. The van der Waals surface area contributed by atoms with Crippen LogP contribution in [0.5, 0.6) is 0 Å². The average Bonchev–Trinajstić information content (AvgIpc) is 2.62. The lowest BCUT2D eigenvalue weighted by Crippen LogP contribution is -2.48. The van der Waals surface area contributed by atoms with Crippen molar-refractivity contribution in [3.05, 3.63) is 59.1 Å². The highest BCUT2D eigenvalue weighted by Crippen LogP contribution is 2.21. The highest BCUT2D eigenvalue weighted by molar-refractivity contribution is 7.89. The van der Waals surface area contributed by atoms with Gasteiger partial charge in [0.1, 0.15) is 0 Å². The van der Waals surface area contributed by atoms with Gasteiger partial charge >= 0.3 is 0 Å². The summed E-state index contributed by atoms with van der Waals surface area (Å²) in [7, 11) is -3.54. The topological polar surface area (TPSA) is 69.7 Å². The van der Waals surface area contributed by atoms with E-state index in [0.717, 1.165) is 12.1 Å². The maximum atomic E-state index is 12.8. The van der Waals surface area contributed by atoms with Gasteiger partial charge in [-0.2, -0.15) is 4.31 Å². The van der Waals surface area contributed by atoms with Gasteiger partial charge in [-0.25, -0.2) is 8.42 Å². The molecule has 6 nitrogen and oxygen atoms in total. The Hall–Kier alpha value is -1.93. The molecular formula is C19H22ClN3O3S. The number of anilines is 1. The summed E-state index contributed by atoms with van der Waals surface area (Å²) in [6.07, 6.45) is 0. The normalized spacial score (nSPS) is 16.2. The third-order valence-electron chi connectivity index (χ3n) is 4.44. The molecule has 0 spiro atoms. The lowest BCUT2D eigenvalue weighted by Gasteiger charge is -2.34. The largest absolute Gasteiger partial charge is 0.326 e. The van der Waals surface area contributed by atoms with E-state index >= 15 is 0 Å². The molecule has 1 aliphatic heterocycles. The number of rotatable bonds is 5. The number of nitrogens with one attached hydrogen (secondary N) is 1. The Morgan fingerprint density at radius 3 is 2.33 bits per heavy atom. The van der Waals surface area contributed by atoms with Crippen molar-refractivity contribution in [1.29, 1.82) is 0 Å². The fraction of sp³-hybridized carbons (Fsp3) is 0.316. The summed E-state index contributed by atoms with van der Waals surface area (Å²) in [5.41, 5.74) is 1.69. The maximum Gasteiger partial charge on any atom is 0.243 e. The molecule has 1 aliphatic rings. The molecule has 0 atom stereocenters. The predicted octanol–water partition coefficient (Wildman–Crippen LogP) is 2.80. The Bertz CT molecular complexity index is 908. The molecule has 1 saturated heterocycles. The highest BCUT2D eigenvalue weighted by Gasteiger charge is 2.28. The molecule has 0 unspecified atom stereocenters. The fourth-order valence-electron chi connectivity index (χ4n) is 3.08. The lowest BCUT2D eigenvalue weighted by molar-refractivity contribution is -0.114. The minimum atomic E-state index is -3.54. The van der Waals surface area contributed by atoms with Gasteiger partial charge in [0.2, 0.25) is 15.9 Å². The molecule has 1 amide bonds. The van der Waals surface area contributed by atoms with Crippen molar-refractivity contribution in [3.8, 4) is 0 Å². The lowest BCUT2D eigenvalue weighted by atomic mass is 10.2. The van der Waals surface area contributed by atoms with Gasteiger partial charge < -0.3 is 5.32 Å². The first-order valence-electron chi connectivity index (χ1n) is 8.69. The van der Waals surface area contributed by atoms with Crippen LogP contribution in [0.25, 0.3) is 0 Å². The van der Waals surface area contributed by atoms with Gasteiger partial charge in [-0.1, -0.05) is 23.7 Å². The van der Waals surface area contributed by atoms with Crippen molar-refractivity contribution < 1.29 is 13.2 Å². The molecule has 3 rings (SSSR count). The van der Waals surface area contributed by atoms with Crippen molar-refractivity contribution >= 4 is 33.2 Å². The van der Waals surface area contributed by atoms with E-state index in [1.54, 1.807) is 12.1 Å². The monoisotopic (exact) mass is 407 g/mol. The zero-order valence-corrected chi connectivity index (χ0v) is 16.6. The van der Waals surface area contributed by atoms with Crippen molar-refractivity contribution in [3.63, 3.8) is 0 Å². The molecule has 1 N–H and O–H groups in total. The molecule has 27 heavy (non-hydrogen) atoms. The molecule has 0 aromatic heterocycles. The van der Waals surface area contributed by atoms with Crippen LogP contribution in [0.2, 0.25) is 5.02 Å². The van der Waals surface area contributed by atoms with Gasteiger partial charge in [0.15, 0.2) is 0 Å². The van der Waals surface area contributed by atoms with Crippen molar-refractivity contribution in [2.75, 3.05) is 31.5 Å². The Balaban J connectivity index is 1.61. The number of hydrogen-bond donors (Lipinski definition) is 1. The van der Waals surface area contributed by atoms with Crippen LogP contribution in [-0.4, -0.2) is 49.7 Å². The van der Waals surface area contributed by atoms with Crippen LogP contribution < -0.4 is 5.32 Å². The first-order chi connectivity index (χ1) is 12.8. The maximum absolute atomic E-state index is 12.8. The van der Waals surface area contributed by atoms with E-state index in [4.69, 9.17) is 11.6 Å². The van der Waals surface area contributed by atoms with Crippen LogP contribution in [-0.2, 0) is 21.4 Å². The van der Waals surface area contributed by atoms with Crippen LogP contribution in [0, 0.1) is 0 Å². The second kappa shape index (κ2) is 8.39. The van der Waals surface area contributed by atoms with E-state index in [9.17, 15) is 13.2 Å². The Labute approximate surface area is 164 Å². The third-order valence-corrected chi connectivity index (χ3v) is 6.59. The summed E-state index contributed by atoms with van der Waals surface area (Å²) in [6.45, 7) is 4.37. The van der Waals surface area contributed by atoms with Crippen LogP contribution in [0.15, 0.2) is 53.4 Å². The minimum Gasteiger partial charge on any atom is -0.326 e. The number of benzene rings is 2. The molecule has 8 heteroatoms. The summed E-state index contributed by atoms with van der Waals surface area (Å²) in [4.78, 5) is 13.5. The van der Waals surface area contributed by atoms with Crippen LogP contribution in [0.1, 0.15) is 12.5 Å². The number of carbonyl (C=O) groups is 1. The summed E-state index contributed by atoms with van der Waals surface area (Å²) in [6, 6.07) is 14.0. The molecule has 0 bridgehead atoms. The third kappa shape index (κ3) is 5.07. The summed E-state index contributed by atoms with van der Waals surface area (Å²) >= 11 is 6.02. The first-order valence-corrected chi connectivity index (χ1v) is 10.5. The first kappa shape index (κ1) is 19.8. The molecule has 144 valence electrons. The quantitative estimate of drug-likeness (QED) is 0.827. The number of nitrogens with zero attached hydrogens (tertiary/aromatic N) is 2. The molecule has 0 aliphatic carbocycles. The van der Waals surface area contributed by atoms with Crippen LogP contribution in [0.3, 0.4) is 0 Å². The Morgan fingerprint density at radius 1 is 1.07 bits per heavy atom. The van der Waals surface area contributed by atoms with Crippen LogP contribution >= 0.6 is 11.6 Å². The van der Waals surface area contributed by atoms with Crippen LogP contribution in [0.4, 0.5) is 5.69 Å². The molecule has 0 saturated carbocycles. The minimum absolute atomic E-state index is 0.193. The smallest absolute Gasteiger partial charge is 0.243 e. The van der Waals surface area contributed by atoms with E-state index in [0.29, 0.717) is 36.9 Å². The van der Waals surface area contributed by atoms with E-state index in [1.807, 2.05) is 24.3 Å². The number of sulfonamides is 1. The molecule has 2 aromatic rings. The van der Waals surface area contributed by atoms with Gasteiger partial charge in [0, 0.05) is 50.4 Å². The standard InChI is InChI=1S/C19H22ClN3O3S/c1-15(24)21-18-5-7-19(8-6-18)27(25,26)23-11-9-22(10-12-23)14-16-3-2-4-17(20)13-16/h2-8,13H,9-12,14H2,1H3,(H,21,24). The highest BCUT2D eigenvalue weighted by atomic mass is 35.5. The second-order valence-electron chi connectivity index (χ2n) is 6.52. The molecular weight excluding hydrogens is 386 g/mol. The van der Waals surface area contributed by atoms with Gasteiger partial charge in [0.05, 0.1) is 4.90 Å². The van der Waals surface area contributed by atoms with Gasteiger partial charge in [0.25, 0.3) is 0 Å². The van der Waals surface area contributed by atoms with E-state index in [1.165, 1.54) is 23.4 Å². The Morgan fingerprint density at radius 2 is 1.74 bits per heavy atom. The zero-order valence-electron chi connectivity index (χ0n) is 15.1. The number of amides is 1. The average molecular weight is 408 g/mol. The SMILES string of the molecule is CC(=O)Nc1ccc(S(=O)(=O)N2CCN(Cc3cccc(Cl)c3)CC2)cc1. The van der Waals surface area contributed by atoms with Gasteiger partial charge in [-0.05, 0) is 42.0 Å². The summed E-state index contributed by atoms with van der Waals surface area (Å²) in [5, 5.41) is 3.34. The summed E-state index contributed by atoms with van der Waals surface area (Å²) < 4.78 is 27.2. The van der Waals surface area contributed by atoms with Gasteiger partial charge in [-0.15, -0.1) is 0 Å². The van der Waals surface area contributed by atoms with Gasteiger partial charge in [-0.3, -0.25) is 9.69 Å². The molecule has 1 heterocycles. The van der Waals surface area contributed by atoms with E-state index < -0.39 is 10.0 Å². The zero-order chi connectivity index (χ0) is 19.4. The number of piperazine rings is 1. The number of carbonyl (C=O) groups excluding carboxylic acids is 1. The predicted molar refractivity (Wildman–Crippen MR) is 106 cm³/mol. The summed E-state index contributed by atoms with van der Waals surface area (Å²) in [5.74, 6) is -0.193. The number of hydrogen-bond acceptors (Lipinski definition) is 4. The number of halogens is 1. The van der Waals surface area contributed by atoms with Crippen molar-refractivity contribution in [1.82, 2.24) is 9.21 Å². The second-order valence-corrected chi connectivity index (χ2v) is 8.89. The molecule has 2 aromatic carbocycles. The van der Waals surface area contributed by atoms with Crippen molar-refractivity contribution in [2.45, 2.75) is 18.4 Å². The van der Waals surface area contributed by atoms with Crippen molar-refractivity contribution in [2.24, 2.45) is 0 Å². The Kier molecular flexibility index (Phi) is 6.16. The van der Waals surface area contributed by atoms with E-state index in [2.05, 4.69) is 10.2 Å².